The lowest BCUT2D eigenvalue weighted by Crippen LogP contribution is -2.42. The van der Waals surface area contributed by atoms with Crippen LogP contribution in [0.4, 0.5) is 0 Å². The van der Waals surface area contributed by atoms with Gasteiger partial charge in [0.2, 0.25) is 0 Å². The van der Waals surface area contributed by atoms with Crippen molar-refractivity contribution in [2.45, 2.75) is 19.3 Å². The van der Waals surface area contributed by atoms with E-state index in [1.54, 1.807) is 0 Å². The average Bonchev–Trinajstić information content (AvgIpc) is 2.61. The van der Waals surface area contributed by atoms with Gasteiger partial charge in [-0.05, 0) is 24.3 Å². The van der Waals surface area contributed by atoms with Crippen molar-refractivity contribution >= 4 is 16.7 Å². The minimum atomic E-state index is -0.408. The summed E-state index contributed by atoms with van der Waals surface area (Å²) in [6.45, 7) is 4.53. The Morgan fingerprint density at radius 3 is 2.62 bits per heavy atom. The molecule has 1 aliphatic heterocycles. The van der Waals surface area contributed by atoms with E-state index in [1.165, 1.54) is 0 Å². The number of benzene rings is 2. The van der Waals surface area contributed by atoms with Crippen LogP contribution in [0.5, 0.6) is 5.75 Å². The van der Waals surface area contributed by atoms with Gasteiger partial charge in [0, 0.05) is 16.5 Å². The average molecular weight is 317 g/mol. The normalized spacial score (nSPS) is 17.4. The number of hydrogen-bond donors (Lipinski definition) is 0. The fraction of sp³-hybridized carbons (Fsp3) is 0.238. The lowest BCUT2D eigenvalue weighted by molar-refractivity contribution is 0.0733. The monoisotopic (exact) mass is 317 g/mol. The summed E-state index contributed by atoms with van der Waals surface area (Å²) in [5.74, 6) is 0.568. The van der Waals surface area contributed by atoms with E-state index in [4.69, 9.17) is 9.72 Å². The van der Waals surface area contributed by atoms with Gasteiger partial charge in [-0.15, -0.1) is 0 Å². The quantitative estimate of drug-likeness (QED) is 0.703. The number of fused-ring (bicyclic) bond motifs is 2. The third-order valence-electron chi connectivity index (χ3n) is 5.00. The van der Waals surface area contributed by atoms with Crippen molar-refractivity contribution in [1.29, 1.82) is 0 Å². The standard InChI is InChI=1S/C21H19NO2/c1-21(2,19-12-11-14-7-3-5-9-17(14)22-19)16-13-24-18-10-6-4-8-15(18)20(16)23/h3-12,16H,13H2,1-2H3. The Kier molecular flexibility index (Phi) is 3.38. The van der Waals surface area contributed by atoms with Crippen molar-refractivity contribution in [3.8, 4) is 5.75 Å². The number of nitrogens with zero attached hydrogens (tertiary/aromatic N) is 1. The number of Topliss-reactive ketones (excluding diaryl/α,β-unsaturated/α-hetero) is 1. The predicted octanol–water partition coefficient (Wildman–Crippen LogP) is 4.40. The largest absolute Gasteiger partial charge is 0.492 e. The SMILES string of the molecule is CC(C)(c1ccc2ccccc2n1)C1COc2ccccc2C1=O. The summed E-state index contributed by atoms with van der Waals surface area (Å²) in [5, 5.41) is 1.11. The van der Waals surface area contributed by atoms with E-state index in [1.807, 2.05) is 54.6 Å². The van der Waals surface area contributed by atoms with Crippen LogP contribution in [-0.4, -0.2) is 17.4 Å². The summed E-state index contributed by atoms with van der Waals surface area (Å²) in [4.78, 5) is 17.8. The molecule has 2 heterocycles. The fourth-order valence-corrected chi connectivity index (χ4v) is 3.37. The van der Waals surface area contributed by atoms with Crippen molar-refractivity contribution in [3.63, 3.8) is 0 Å². The van der Waals surface area contributed by atoms with E-state index in [9.17, 15) is 4.79 Å². The highest BCUT2D eigenvalue weighted by atomic mass is 16.5. The summed E-state index contributed by atoms with van der Waals surface area (Å²) in [7, 11) is 0. The highest BCUT2D eigenvalue weighted by Gasteiger charge is 2.41. The molecule has 0 saturated carbocycles. The predicted molar refractivity (Wildman–Crippen MR) is 94.5 cm³/mol. The lowest BCUT2D eigenvalue weighted by atomic mass is 9.72. The molecule has 24 heavy (non-hydrogen) atoms. The Hall–Kier alpha value is -2.68. The molecule has 4 rings (SSSR count). The maximum Gasteiger partial charge on any atom is 0.174 e. The zero-order valence-corrected chi connectivity index (χ0v) is 13.8. The molecule has 3 nitrogen and oxygen atoms in total. The Bertz CT molecular complexity index is 930. The van der Waals surface area contributed by atoms with E-state index < -0.39 is 5.41 Å². The van der Waals surface area contributed by atoms with Crippen LogP contribution in [-0.2, 0) is 5.41 Å². The molecule has 2 aromatic carbocycles. The van der Waals surface area contributed by atoms with Crippen molar-refractivity contribution in [2.75, 3.05) is 6.61 Å². The van der Waals surface area contributed by atoms with Crippen LogP contribution in [0.1, 0.15) is 29.9 Å². The number of para-hydroxylation sites is 2. The molecule has 0 N–H and O–H groups in total. The van der Waals surface area contributed by atoms with E-state index in [0.29, 0.717) is 17.9 Å². The second kappa shape index (κ2) is 5.45. The number of hydrogen-bond acceptors (Lipinski definition) is 3. The molecule has 0 radical (unpaired) electrons. The van der Waals surface area contributed by atoms with Crippen molar-refractivity contribution in [3.05, 3.63) is 71.9 Å². The molecule has 1 atom stereocenters. The Balaban J connectivity index is 1.75. The summed E-state index contributed by atoms with van der Waals surface area (Å²) < 4.78 is 5.85. The van der Waals surface area contributed by atoms with Gasteiger partial charge >= 0.3 is 0 Å². The van der Waals surface area contributed by atoms with Crippen LogP contribution in [0.15, 0.2) is 60.7 Å². The second-order valence-corrected chi connectivity index (χ2v) is 6.83. The maximum atomic E-state index is 13.0. The van der Waals surface area contributed by atoms with Crippen LogP contribution in [0.3, 0.4) is 0 Å². The molecule has 3 heteroatoms. The maximum absolute atomic E-state index is 13.0. The lowest BCUT2D eigenvalue weighted by Gasteiger charge is -2.36. The molecule has 0 amide bonds. The minimum absolute atomic E-state index is 0.136. The van der Waals surface area contributed by atoms with Gasteiger partial charge in [0.25, 0.3) is 0 Å². The van der Waals surface area contributed by atoms with E-state index in [0.717, 1.165) is 16.6 Å². The molecule has 0 fully saturated rings. The Morgan fingerprint density at radius 1 is 1.00 bits per heavy atom. The topological polar surface area (TPSA) is 39.2 Å². The zero-order valence-electron chi connectivity index (χ0n) is 13.8. The van der Waals surface area contributed by atoms with Gasteiger partial charge in [-0.3, -0.25) is 9.78 Å². The molecule has 0 spiro atoms. The molecular weight excluding hydrogens is 298 g/mol. The molecule has 3 aromatic rings. The molecule has 1 unspecified atom stereocenters. The third kappa shape index (κ3) is 2.28. The molecule has 0 saturated heterocycles. The highest BCUT2D eigenvalue weighted by Crippen LogP contribution is 2.38. The third-order valence-corrected chi connectivity index (χ3v) is 5.00. The highest BCUT2D eigenvalue weighted by molar-refractivity contribution is 6.02. The number of carbonyl (C=O) groups is 1. The first-order valence-electron chi connectivity index (χ1n) is 8.20. The first-order valence-corrected chi connectivity index (χ1v) is 8.20. The first-order chi connectivity index (χ1) is 11.6. The van der Waals surface area contributed by atoms with Gasteiger partial charge in [-0.2, -0.15) is 0 Å². The molecule has 0 bridgehead atoms. The minimum Gasteiger partial charge on any atom is -0.492 e. The van der Waals surface area contributed by atoms with E-state index in [-0.39, 0.29) is 11.7 Å². The second-order valence-electron chi connectivity index (χ2n) is 6.83. The Labute approximate surface area is 141 Å². The molecule has 1 aliphatic rings. The molecule has 120 valence electrons. The molecule has 0 aliphatic carbocycles. The zero-order chi connectivity index (χ0) is 16.7. The van der Waals surface area contributed by atoms with Crippen LogP contribution >= 0.6 is 0 Å². The van der Waals surface area contributed by atoms with Crippen molar-refractivity contribution in [2.24, 2.45) is 5.92 Å². The summed E-state index contributed by atoms with van der Waals surface area (Å²) in [6.07, 6.45) is 0. The smallest absolute Gasteiger partial charge is 0.174 e. The van der Waals surface area contributed by atoms with Crippen molar-refractivity contribution in [1.82, 2.24) is 4.98 Å². The summed E-state index contributed by atoms with van der Waals surface area (Å²) in [6, 6.07) is 19.6. The summed E-state index contributed by atoms with van der Waals surface area (Å²) in [5.41, 5.74) is 2.13. The number of carbonyl (C=O) groups excluding carboxylic acids is 1. The van der Waals surface area contributed by atoms with Crippen LogP contribution in [0, 0.1) is 5.92 Å². The number of ether oxygens (including phenoxy) is 1. The first kappa shape index (κ1) is 14.9. The van der Waals surface area contributed by atoms with Crippen LogP contribution in [0.25, 0.3) is 10.9 Å². The fourth-order valence-electron chi connectivity index (χ4n) is 3.37. The van der Waals surface area contributed by atoms with Crippen LogP contribution < -0.4 is 4.74 Å². The van der Waals surface area contributed by atoms with Crippen LogP contribution in [0.2, 0.25) is 0 Å². The summed E-state index contributed by atoms with van der Waals surface area (Å²) >= 11 is 0. The molecular formula is C21H19NO2. The molecule has 1 aromatic heterocycles. The van der Waals surface area contributed by atoms with Gasteiger partial charge in [0.15, 0.2) is 5.78 Å². The van der Waals surface area contributed by atoms with Gasteiger partial charge in [-0.1, -0.05) is 50.2 Å². The van der Waals surface area contributed by atoms with Crippen molar-refractivity contribution < 1.29 is 9.53 Å². The number of rotatable bonds is 2. The van der Waals surface area contributed by atoms with Gasteiger partial charge in [-0.25, -0.2) is 0 Å². The number of pyridine rings is 1. The van der Waals surface area contributed by atoms with E-state index in [2.05, 4.69) is 19.9 Å². The van der Waals surface area contributed by atoms with E-state index >= 15 is 0 Å². The van der Waals surface area contributed by atoms with Gasteiger partial charge in [0.05, 0.1) is 23.6 Å². The van der Waals surface area contributed by atoms with Gasteiger partial charge in [0.1, 0.15) is 5.75 Å². The number of ketones is 1. The van der Waals surface area contributed by atoms with Gasteiger partial charge < -0.3 is 4.74 Å². The Morgan fingerprint density at radius 2 is 1.75 bits per heavy atom. The number of aromatic nitrogens is 1.